The quantitative estimate of drug-likeness (QED) is 0.822. The lowest BCUT2D eigenvalue weighted by Crippen LogP contribution is -2.44. The third kappa shape index (κ3) is 4.03. The van der Waals surface area contributed by atoms with Crippen LogP contribution in [0.2, 0.25) is 0 Å². The van der Waals surface area contributed by atoms with Crippen molar-refractivity contribution in [2.75, 3.05) is 0 Å². The van der Waals surface area contributed by atoms with E-state index in [1.807, 2.05) is 54.3 Å². The van der Waals surface area contributed by atoms with Crippen molar-refractivity contribution in [1.82, 2.24) is 20.4 Å². The van der Waals surface area contributed by atoms with Crippen molar-refractivity contribution in [1.29, 1.82) is 0 Å². The Morgan fingerprint density at radius 3 is 2.54 bits per heavy atom. The van der Waals surface area contributed by atoms with Crippen molar-refractivity contribution in [2.24, 2.45) is 0 Å². The Balaban J connectivity index is 1.73. The Hall–Kier alpha value is -2.14. The molecular weight excluding hydrogens is 300 g/mol. The van der Waals surface area contributed by atoms with Gasteiger partial charge in [0.2, 0.25) is 5.91 Å². The summed E-state index contributed by atoms with van der Waals surface area (Å²) in [7, 11) is 0. The summed E-state index contributed by atoms with van der Waals surface area (Å²) in [6.45, 7) is 6.25. The molecule has 0 bridgehead atoms. The van der Waals surface area contributed by atoms with Crippen LogP contribution in [0.3, 0.4) is 0 Å². The number of hydrogen-bond donors (Lipinski definition) is 2. The van der Waals surface area contributed by atoms with Gasteiger partial charge in [-0.05, 0) is 44.7 Å². The van der Waals surface area contributed by atoms with Crippen LogP contribution in [0.1, 0.15) is 49.9 Å². The van der Waals surface area contributed by atoms with Crippen molar-refractivity contribution >= 4 is 5.91 Å². The highest BCUT2D eigenvalue weighted by Crippen LogP contribution is 2.22. The molecule has 5 heteroatoms. The summed E-state index contributed by atoms with van der Waals surface area (Å²) >= 11 is 0. The number of aryl methyl sites for hydroxylation is 1. The van der Waals surface area contributed by atoms with E-state index in [0.29, 0.717) is 6.04 Å². The third-order valence-corrected chi connectivity index (χ3v) is 4.62. The molecule has 1 aromatic heterocycles. The van der Waals surface area contributed by atoms with Gasteiger partial charge in [-0.1, -0.05) is 30.3 Å². The fourth-order valence-corrected chi connectivity index (χ4v) is 2.77. The summed E-state index contributed by atoms with van der Waals surface area (Å²) in [5.41, 5.74) is 2.13. The molecule has 128 valence electrons. The molecule has 0 aliphatic heterocycles. The van der Waals surface area contributed by atoms with Crippen LogP contribution >= 0.6 is 0 Å². The molecule has 0 unspecified atom stereocenters. The van der Waals surface area contributed by atoms with Gasteiger partial charge >= 0.3 is 0 Å². The Morgan fingerprint density at radius 2 is 1.96 bits per heavy atom. The van der Waals surface area contributed by atoms with Crippen LogP contribution in [0, 0.1) is 6.92 Å². The van der Waals surface area contributed by atoms with Crippen LogP contribution in [0.25, 0.3) is 0 Å². The lowest BCUT2D eigenvalue weighted by Gasteiger charge is -2.27. The van der Waals surface area contributed by atoms with Gasteiger partial charge in [0.05, 0.1) is 12.2 Å². The summed E-state index contributed by atoms with van der Waals surface area (Å²) in [6, 6.07) is 10.2. The number of carbonyl (C=O) groups excluding carboxylic acids is 1. The molecule has 1 aliphatic rings. The second-order valence-corrected chi connectivity index (χ2v) is 6.82. The highest BCUT2D eigenvalue weighted by atomic mass is 16.2. The smallest absolute Gasteiger partial charge is 0.241 e. The number of benzene rings is 1. The molecule has 3 rings (SSSR count). The molecular formula is C19H26N4O. The van der Waals surface area contributed by atoms with E-state index in [-0.39, 0.29) is 24.0 Å². The van der Waals surface area contributed by atoms with Gasteiger partial charge in [0, 0.05) is 18.3 Å². The zero-order chi connectivity index (χ0) is 17.1. The Labute approximate surface area is 143 Å². The van der Waals surface area contributed by atoms with E-state index in [0.717, 1.165) is 24.0 Å². The monoisotopic (exact) mass is 326 g/mol. The number of rotatable bonds is 7. The van der Waals surface area contributed by atoms with Crippen molar-refractivity contribution in [2.45, 2.75) is 57.8 Å². The van der Waals surface area contributed by atoms with E-state index in [2.05, 4.69) is 29.6 Å². The van der Waals surface area contributed by atoms with Gasteiger partial charge in [-0.25, -0.2) is 0 Å². The zero-order valence-corrected chi connectivity index (χ0v) is 14.6. The number of hydrogen-bond acceptors (Lipinski definition) is 3. The summed E-state index contributed by atoms with van der Waals surface area (Å²) < 4.78 is 1.95. The van der Waals surface area contributed by atoms with Crippen LogP contribution in [-0.4, -0.2) is 27.8 Å². The minimum absolute atomic E-state index is 0.0550. The summed E-state index contributed by atoms with van der Waals surface area (Å²) in [6.07, 6.45) is 6.07. The van der Waals surface area contributed by atoms with Gasteiger partial charge in [-0.2, -0.15) is 5.10 Å². The molecule has 1 fully saturated rings. The molecule has 3 atom stereocenters. The van der Waals surface area contributed by atoms with Crippen molar-refractivity contribution < 1.29 is 4.79 Å². The Kier molecular flexibility index (Phi) is 5.00. The molecule has 2 N–H and O–H groups in total. The molecule has 0 saturated heterocycles. The van der Waals surface area contributed by atoms with E-state index in [1.54, 1.807) is 0 Å². The molecule has 1 amide bonds. The third-order valence-electron chi connectivity index (χ3n) is 4.62. The first-order valence-electron chi connectivity index (χ1n) is 8.66. The summed E-state index contributed by atoms with van der Waals surface area (Å²) in [5.74, 6) is 0.0550. The summed E-state index contributed by atoms with van der Waals surface area (Å²) in [4.78, 5) is 12.7. The van der Waals surface area contributed by atoms with Crippen LogP contribution in [0.5, 0.6) is 0 Å². The highest BCUT2D eigenvalue weighted by molar-refractivity contribution is 5.83. The highest BCUT2D eigenvalue weighted by Gasteiger charge is 2.30. The maximum atomic E-state index is 12.7. The molecule has 0 radical (unpaired) electrons. The summed E-state index contributed by atoms with van der Waals surface area (Å²) in [5, 5.41) is 11.0. The Morgan fingerprint density at radius 1 is 1.25 bits per heavy atom. The SMILES string of the molecule is Cc1cnn([C@H](C)[C@H](C)N[C@@H](C(=O)NC2CC2)c2ccccc2)c1. The predicted octanol–water partition coefficient (Wildman–Crippen LogP) is 2.75. The van der Waals surface area contributed by atoms with Gasteiger partial charge in [-0.3, -0.25) is 14.8 Å². The van der Waals surface area contributed by atoms with Crippen molar-refractivity contribution in [3.63, 3.8) is 0 Å². The number of nitrogens with one attached hydrogen (secondary N) is 2. The first-order valence-corrected chi connectivity index (χ1v) is 8.66. The van der Waals surface area contributed by atoms with E-state index < -0.39 is 0 Å². The first kappa shape index (κ1) is 16.7. The molecule has 2 aromatic rings. The number of nitrogens with zero attached hydrogens (tertiary/aromatic N) is 2. The molecule has 24 heavy (non-hydrogen) atoms. The first-order chi connectivity index (χ1) is 11.5. The fourth-order valence-electron chi connectivity index (χ4n) is 2.77. The minimum atomic E-state index is -0.346. The zero-order valence-electron chi connectivity index (χ0n) is 14.6. The van der Waals surface area contributed by atoms with Crippen LogP contribution in [-0.2, 0) is 4.79 Å². The molecule has 1 aromatic carbocycles. The normalized spacial score (nSPS) is 18.0. The molecule has 1 saturated carbocycles. The van der Waals surface area contributed by atoms with Crippen molar-refractivity contribution in [3.8, 4) is 0 Å². The van der Waals surface area contributed by atoms with Crippen LogP contribution < -0.4 is 10.6 Å². The van der Waals surface area contributed by atoms with Gasteiger partial charge in [-0.15, -0.1) is 0 Å². The van der Waals surface area contributed by atoms with E-state index in [1.165, 1.54) is 0 Å². The Bertz CT molecular complexity index is 678. The minimum Gasteiger partial charge on any atom is -0.352 e. The van der Waals surface area contributed by atoms with Crippen molar-refractivity contribution in [3.05, 3.63) is 53.9 Å². The second kappa shape index (κ2) is 7.18. The number of amides is 1. The number of aromatic nitrogens is 2. The van der Waals surface area contributed by atoms with Crippen LogP contribution in [0.15, 0.2) is 42.7 Å². The lowest BCUT2D eigenvalue weighted by molar-refractivity contribution is -0.123. The van der Waals surface area contributed by atoms with Gasteiger partial charge in [0.15, 0.2) is 0 Å². The molecule has 5 nitrogen and oxygen atoms in total. The molecule has 0 spiro atoms. The van der Waals surface area contributed by atoms with Gasteiger partial charge in [0.25, 0.3) is 0 Å². The number of carbonyl (C=O) groups is 1. The average Bonchev–Trinajstić information content (AvgIpc) is 3.30. The fraction of sp³-hybridized carbons (Fsp3) is 0.474. The predicted molar refractivity (Wildman–Crippen MR) is 94.6 cm³/mol. The van der Waals surface area contributed by atoms with E-state index in [4.69, 9.17) is 0 Å². The second-order valence-electron chi connectivity index (χ2n) is 6.82. The van der Waals surface area contributed by atoms with Gasteiger partial charge in [0.1, 0.15) is 6.04 Å². The maximum absolute atomic E-state index is 12.7. The van der Waals surface area contributed by atoms with E-state index in [9.17, 15) is 4.79 Å². The topological polar surface area (TPSA) is 59.0 Å². The maximum Gasteiger partial charge on any atom is 0.241 e. The molecule has 1 heterocycles. The lowest BCUT2D eigenvalue weighted by atomic mass is 10.0. The van der Waals surface area contributed by atoms with Crippen LogP contribution in [0.4, 0.5) is 0 Å². The standard InChI is InChI=1S/C19H26N4O/c1-13-11-20-23(12-13)15(3)14(2)21-18(16-7-5-4-6-8-16)19(24)22-17-9-10-17/h4-8,11-12,14-15,17-18,21H,9-10H2,1-3H3,(H,22,24)/t14-,15+,18+/m0/s1. The average molecular weight is 326 g/mol. The molecule has 1 aliphatic carbocycles. The van der Waals surface area contributed by atoms with E-state index >= 15 is 0 Å². The largest absolute Gasteiger partial charge is 0.352 e. The van der Waals surface area contributed by atoms with Gasteiger partial charge < -0.3 is 5.32 Å².